The summed E-state index contributed by atoms with van der Waals surface area (Å²) < 4.78 is 10.5. The van der Waals surface area contributed by atoms with Crippen molar-refractivity contribution in [1.29, 1.82) is 0 Å². The molecule has 2 aliphatic rings. The maximum Gasteiger partial charge on any atom is 0.146 e. The van der Waals surface area contributed by atoms with Gasteiger partial charge in [0.25, 0.3) is 0 Å². The Morgan fingerprint density at radius 1 is 1.10 bits per heavy atom. The van der Waals surface area contributed by atoms with Gasteiger partial charge in [0.05, 0.1) is 16.4 Å². The van der Waals surface area contributed by atoms with Gasteiger partial charge in [-0.3, -0.25) is 0 Å². The summed E-state index contributed by atoms with van der Waals surface area (Å²) in [4.78, 5) is 0. The highest BCUT2D eigenvalue weighted by Gasteiger charge is 2.62. The highest BCUT2D eigenvalue weighted by Crippen LogP contribution is 2.62. The van der Waals surface area contributed by atoms with Crippen molar-refractivity contribution in [1.82, 2.24) is 0 Å². The first-order chi connectivity index (χ1) is 4.73. The minimum atomic E-state index is 0.112. The van der Waals surface area contributed by atoms with E-state index < -0.39 is 0 Å². The second-order valence-corrected chi connectivity index (χ2v) is 6.44. The van der Waals surface area contributed by atoms with Crippen LogP contribution in [0.4, 0.5) is 0 Å². The van der Waals surface area contributed by atoms with Crippen molar-refractivity contribution in [2.75, 3.05) is 20.0 Å². The Kier molecular flexibility index (Phi) is 1.83. The van der Waals surface area contributed by atoms with E-state index in [1.807, 2.05) is 0 Å². The lowest BCUT2D eigenvalue weighted by atomic mass is 10.3. The second kappa shape index (κ2) is 2.44. The van der Waals surface area contributed by atoms with E-state index in [0.717, 1.165) is 13.2 Å². The Balaban J connectivity index is 2.01. The van der Waals surface area contributed by atoms with E-state index in [1.165, 1.54) is 0 Å². The molecule has 2 fully saturated rings. The summed E-state index contributed by atoms with van der Waals surface area (Å²) in [5.74, 6) is 1.19. The number of halogens is 2. The predicted molar refractivity (Wildman–Crippen MR) is 44.3 cm³/mol. The van der Waals surface area contributed by atoms with E-state index in [9.17, 15) is 0 Å². The minimum Gasteiger partial charge on any atom is -0.355 e. The van der Waals surface area contributed by atoms with Gasteiger partial charge in [-0.2, -0.15) is 0 Å². The number of hydrogen-bond donors (Lipinski definition) is 0. The van der Waals surface area contributed by atoms with E-state index in [1.54, 1.807) is 0 Å². The molecule has 2 atom stereocenters. The molecule has 0 aromatic heterocycles. The predicted octanol–water partition coefficient (Wildman–Crippen LogP) is 1.72. The quantitative estimate of drug-likeness (QED) is 0.625. The molecule has 4 heteroatoms. The summed E-state index contributed by atoms with van der Waals surface area (Å²) in [6.07, 6.45) is 0. The molecule has 1 heterocycles. The van der Waals surface area contributed by atoms with Crippen molar-refractivity contribution >= 4 is 31.9 Å². The lowest BCUT2D eigenvalue weighted by Crippen LogP contribution is -2.05. The van der Waals surface area contributed by atoms with Crippen LogP contribution in [0.3, 0.4) is 0 Å². The molecule has 1 aliphatic heterocycles. The van der Waals surface area contributed by atoms with Gasteiger partial charge < -0.3 is 9.47 Å². The summed E-state index contributed by atoms with van der Waals surface area (Å²) in [7, 11) is 0. The maximum absolute atomic E-state index is 5.20. The topological polar surface area (TPSA) is 18.5 Å². The molecule has 0 aromatic rings. The highest BCUT2D eigenvalue weighted by atomic mass is 79.9. The number of ether oxygens (including phenoxy) is 2. The molecule has 2 nitrogen and oxygen atoms in total. The minimum absolute atomic E-state index is 0.112. The number of hydrogen-bond acceptors (Lipinski definition) is 2. The molecule has 0 radical (unpaired) electrons. The smallest absolute Gasteiger partial charge is 0.146 e. The van der Waals surface area contributed by atoms with E-state index in [2.05, 4.69) is 31.9 Å². The third kappa shape index (κ3) is 1.05. The van der Waals surface area contributed by atoms with Gasteiger partial charge in [-0.1, -0.05) is 31.9 Å². The van der Waals surface area contributed by atoms with E-state index >= 15 is 0 Å². The summed E-state index contributed by atoms with van der Waals surface area (Å²) in [5.41, 5.74) is 0. The van der Waals surface area contributed by atoms with Gasteiger partial charge in [-0.05, 0) is 0 Å². The standard InChI is InChI=1S/C6H8Br2O2/c7-6(8)4-1-9-3-10-2-5(4)6/h4-5H,1-3H2. The third-order valence-electron chi connectivity index (χ3n) is 2.13. The highest BCUT2D eigenvalue weighted by molar-refractivity contribution is 9.25. The lowest BCUT2D eigenvalue weighted by molar-refractivity contribution is -0.0420. The van der Waals surface area contributed by atoms with Crippen molar-refractivity contribution in [2.45, 2.75) is 3.23 Å². The molecule has 58 valence electrons. The van der Waals surface area contributed by atoms with E-state index in [-0.39, 0.29) is 3.23 Å². The van der Waals surface area contributed by atoms with Crippen LogP contribution >= 0.6 is 31.9 Å². The molecule has 0 aromatic carbocycles. The van der Waals surface area contributed by atoms with Gasteiger partial charge in [0.2, 0.25) is 0 Å². The van der Waals surface area contributed by atoms with Gasteiger partial charge in [0.1, 0.15) is 6.79 Å². The SMILES string of the molecule is BrC1(Br)C2COCOCC21. The van der Waals surface area contributed by atoms with Crippen molar-refractivity contribution in [3.8, 4) is 0 Å². The molecule has 0 spiro atoms. The van der Waals surface area contributed by atoms with Crippen LogP contribution in [-0.2, 0) is 9.47 Å². The zero-order valence-electron chi connectivity index (χ0n) is 5.35. The lowest BCUT2D eigenvalue weighted by Gasteiger charge is -2.04. The van der Waals surface area contributed by atoms with Crippen molar-refractivity contribution in [2.24, 2.45) is 11.8 Å². The number of alkyl halides is 2. The zero-order chi connectivity index (χ0) is 7.19. The van der Waals surface area contributed by atoms with Crippen LogP contribution in [0.25, 0.3) is 0 Å². The first kappa shape index (κ1) is 7.53. The van der Waals surface area contributed by atoms with Crippen molar-refractivity contribution < 1.29 is 9.47 Å². The Hall–Kier alpha value is 0.880. The van der Waals surface area contributed by atoms with Crippen LogP contribution in [0.15, 0.2) is 0 Å². The van der Waals surface area contributed by atoms with Gasteiger partial charge in [-0.25, -0.2) is 0 Å². The molecule has 2 unspecified atom stereocenters. The number of rotatable bonds is 0. The van der Waals surface area contributed by atoms with Crippen molar-refractivity contribution in [3.63, 3.8) is 0 Å². The van der Waals surface area contributed by atoms with E-state index in [4.69, 9.17) is 9.47 Å². The molecule has 1 aliphatic carbocycles. The fourth-order valence-corrected chi connectivity index (χ4v) is 2.86. The largest absolute Gasteiger partial charge is 0.355 e. The summed E-state index contributed by atoms with van der Waals surface area (Å²) in [5, 5.41) is 0. The molecule has 1 saturated heterocycles. The molecular formula is C6H8Br2O2. The number of fused-ring (bicyclic) bond motifs is 1. The summed E-state index contributed by atoms with van der Waals surface area (Å²) in [6, 6.07) is 0. The average molecular weight is 272 g/mol. The normalized spacial score (nSPS) is 43.8. The molecule has 10 heavy (non-hydrogen) atoms. The van der Waals surface area contributed by atoms with Crippen LogP contribution < -0.4 is 0 Å². The molecule has 0 N–H and O–H groups in total. The summed E-state index contributed by atoms with van der Waals surface area (Å²) in [6.45, 7) is 2.07. The summed E-state index contributed by atoms with van der Waals surface area (Å²) >= 11 is 7.14. The first-order valence-electron chi connectivity index (χ1n) is 3.26. The Labute approximate surface area is 76.5 Å². The average Bonchev–Trinajstić information content (AvgIpc) is 2.47. The van der Waals surface area contributed by atoms with Crippen LogP contribution in [-0.4, -0.2) is 23.2 Å². The van der Waals surface area contributed by atoms with Gasteiger partial charge in [0, 0.05) is 11.8 Å². The van der Waals surface area contributed by atoms with Crippen LogP contribution in [0.5, 0.6) is 0 Å². The van der Waals surface area contributed by atoms with Crippen LogP contribution in [0.1, 0.15) is 0 Å². The zero-order valence-corrected chi connectivity index (χ0v) is 8.52. The van der Waals surface area contributed by atoms with Crippen molar-refractivity contribution in [3.05, 3.63) is 0 Å². The van der Waals surface area contributed by atoms with E-state index in [0.29, 0.717) is 18.6 Å². The first-order valence-corrected chi connectivity index (χ1v) is 4.85. The fraction of sp³-hybridized carbons (Fsp3) is 1.00. The van der Waals surface area contributed by atoms with Gasteiger partial charge in [-0.15, -0.1) is 0 Å². The fourth-order valence-electron chi connectivity index (χ4n) is 1.32. The maximum atomic E-state index is 5.20. The molecule has 0 bridgehead atoms. The van der Waals surface area contributed by atoms with Gasteiger partial charge >= 0.3 is 0 Å². The Bertz CT molecular complexity index is 135. The van der Waals surface area contributed by atoms with Crippen LogP contribution in [0.2, 0.25) is 0 Å². The third-order valence-corrected chi connectivity index (χ3v) is 4.48. The Morgan fingerprint density at radius 3 is 2.10 bits per heavy atom. The van der Waals surface area contributed by atoms with Crippen LogP contribution in [0, 0.1) is 11.8 Å². The molecule has 1 saturated carbocycles. The second-order valence-electron chi connectivity index (χ2n) is 2.75. The molecule has 2 rings (SSSR count). The monoisotopic (exact) mass is 270 g/mol. The van der Waals surface area contributed by atoms with Gasteiger partial charge in [0.15, 0.2) is 0 Å². The molecular weight excluding hydrogens is 264 g/mol. The molecule has 0 amide bonds. The Morgan fingerprint density at radius 2 is 1.60 bits per heavy atom.